The molecule has 2 aromatic heterocycles. The Morgan fingerprint density at radius 1 is 1.32 bits per heavy atom. The summed E-state index contributed by atoms with van der Waals surface area (Å²) >= 11 is 0. The number of unbranched alkanes of at least 4 members (excludes halogenated alkanes) is 2. The SMILES string of the molecule is CCCCC#Cc1cn([C@@H]2O[C@H](CO)[C@@H](O)[C@H]2O)c2ncnc(N)c12. The van der Waals surface area contributed by atoms with Crippen molar-refractivity contribution in [3.05, 3.63) is 18.1 Å². The van der Waals surface area contributed by atoms with Crippen LogP contribution in [0.15, 0.2) is 12.5 Å². The standard InChI is InChI=1S/C17H22N4O4/c1-2-3-4-5-6-10-7-21(16-12(10)15(18)19-9-20-16)17-14(24)13(23)11(8-22)25-17/h7,9,11,13-14,17,22-24H,2-4,8H2,1H3,(H2,18,19,20)/t11-,13-,14-,17-/m1/s1. The second-order valence-electron chi connectivity index (χ2n) is 6.04. The van der Waals surface area contributed by atoms with Crippen LogP contribution >= 0.6 is 0 Å². The van der Waals surface area contributed by atoms with Crippen molar-refractivity contribution in [1.82, 2.24) is 14.5 Å². The summed E-state index contributed by atoms with van der Waals surface area (Å²) in [5.41, 5.74) is 7.09. The van der Waals surface area contributed by atoms with Crippen LogP contribution in [0.4, 0.5) is 5.82 Å². The highest BCUT2D eigenvalue weighted by molar-refractivity contribution is 5.92. The predicted molar refractivity (Wildman–Crippen MR) is 91.4 cm³/mol. The second kappa shape index (κ2) is 7.37. The van der Waals surface area contributed by atoms with Gasteiger partial charge in [0.2, 0.25) is 0 Å². The Morgan fingerprint density at radius 2 is 2.12 bits per heavy atom. The molecule has 0 amide bonds. The minimum atomic E-state index is -1.20. The third-order valence-corrected chi connectivity index (χ3v) is 4.31. The summed E-state index contributed by atoms with van der Waals surface area (Å²) in [5, 5.41) is 30.1. The number of fused-ring (bicyclic) bond motifs is 1. The summed E-state index contributed by atoms with van der Waals surface area (Å²) in [7, 11) is 0. The zero-order valence-corrected chi connectivity index (χ0v) is 14.0. The number of aliphatic hydroxyl groups excluding tert-OH is 3. The van der Waals surface area contributed by atoms with Crippen molar-refractivity contribution in [1.29, 1.82) is 0 Å². The van der Waals surface area contributed by atoms with Gasteiger partial charge in [0.05, 0.1) is 17.6 Å². The monoisotopic (exact) mass is 346 g/mol. The van der Waals surface area contributed by atoms with Gasteiger partial charge in [-0.2, -0.15) is 0 Å². The lowest BCUT2D eigenvalue weighted by Crippen LogP contribution is -2.33. The Bertz CT molecular complexity index is 810. The Balaban J connectivity index is 2.04. The van der Waals surface area contributed by atoms with Crippen LogP contribution in [0.3, 0.4) is 0 Å². The van der Waals surface area contributed by atoms with E-state index in [-0.39, 0.29) is 5.82 Å². The number of nitrogens with two attached hydrogens (primary N) is 1. The van der Waals surface area contributed by atoms with Crippen molar-refractivity contribution in [2.75, 3.05) is 12.3 Å². The molecule has 8 nitrogen and oxygen atoms in total. The first-order valence-electron chi connectivity index (χ1n) is 8.30. The average molecular weight is 346 g/mol. The van der Waals surface area contributed by atoms with Crippen LogP contribution in [0.1, 0.15) is 38.0 Å². The maximum atomic E-state index is 10.3. The maximum Gasteiger partial charge on any atom is 0.164 e. The fourth-order valence-corrected chi connectivity index (χ4v) is 2.93. The molecule has 0 aromatic carbocycles. The molecule has 3 rings (SSSR count). The third kappa shape index (κ3) is 3.19. The summed E-state index contributed by atoms with van der Waals surface area (Å²) in [6.45, 7) is 1.70. The Morgan fingerprint density at radius 3 is 2.80 bits per heavy atom. The largest absolute Gasteiger partial charge is 0.394 e. The zero-order valence-electron chi connectivity index (χ0n) is 14.0. The average Bonchev–Trinajstić information content (AvgIpc) is 3.11. The maximum absolute atomic E-state index is 10.3. The number of hydrogen-bond acceptors (Lipinski definition) is 7. The van der Waals surface area contributed by atoms with E-state index in [9.17, 15) is 15.3 Å². The quantitative estimate of drug-likeness (QED) is 0.459. The number of nitrogen functional groups attached to an aromatic ring is 1. The van der Waals surface area contributed by atoms with E-state index in [0.717, 1.165) is 19.3 Å². The first-order valence-corrected chi connectivity index (χ1v) is 8.30. The van der Waals surface area contributed by atoms with Crippen LogP contribution < -0.4 is 5.73 Å². The summed E-state index contributed by atoms with van der Waals surface area (Å²) in [5.74, 6) is 6.46. The van der Waals surface area contributed by atoms with Gasteiger partial charge in [0.15, 0.2) is 6.23 Å². The molecule has 1 saturated heterocycles. The lowest BCUT2D eigenvalue weighted by atomic mass is 10.1. The molecular formula is C17H22N4O4. The highest BCUT2D eigenvalue weighted by atomic mass is 16.6. The molecule has 5 N–H and O–H groups in total. The van der Waals surface area contributed by atoms with Crippen LogP contribution in [0.2, 0.25) is 0 Å². The summed E-state index contributed by atoms with van der Waals surface area (Å²) in [6, 6.07) is 0. The Labute approximate surface area is 145 Å². The van der Waals surface area contributed by atoms with Crippen LogP contribution in [-0.4, -0.2) is 54.8 Å². The zero-order chi connectivity index (χ0) is 18.0. The second-order valence-corrected chi connectivity index (χ2v) is 6.04. The molecule has 8 heteroatoms. The van der Waals surface area contributed by atoms with Crippen molar-refractivity contribution in [3.8, 4) is 11.8 Å². The topological polar surface area (TPSA) is 127 Å². The predicted octanol–water partition coefficient (Wildman–Crippen LogP) is 0.167. The molecule has 1 fully saturated rings. The molecular weight excluding hydrogens is 324 g/mol. The van der Waals surface area contributed by atoms with Gasteiger partial charge in [0.1, 0.15) is 36.1 Å². The molecule has 134 valence electrons. The summed E-state index contributed by atoms with van der Waals surface area (Å²) < 4.78 is 7.17. The van der Waals surface area contributed by atoms with Crippen LogP contribution in [0.5, 0.6) is 0 Å². The van der Waals surface area contributed by atoms with E-state index in [1.54, 1.807) is 10.8 Å². The number of rotatable bonds is 4. The van der Waals surface area contributed by atoms with E-state index < -0.39 is 31.1 Å². The van der Waals surface area contributed by atoms with Crippen LogP contribution in [-0.2, 0) is 4.74 Å². The van der Waals surface area contributed by atoms with E-state index in [0.29, 0.717) is 16.6 Å². The van der Waals surface area contributed by atoms with Crippen molar-refractivity contribution >= 4 is 16.9 Å². The van der Waals surface area contributed by atoms with Crippen molar-refractivity contribution < 1.29 is 20.1 Å². The van der Waals surface area contributed by atoms with Gasteiger partial charge in [-0.3, -0.25) is 0 Å². The molecule has 25 heavy (non-hydrogen) atoms. The van der Waals surface area contributed by atoms with E-state index in [4.69, 9.17) is 10.5 Å². The molecule has 0 spiro atoms. The molecule has 2 aromatic rings. The summed E-state index contributed by atoms with van der Waals surface area (Å²) in [4.78, 5) is 8.24. The van der Waals surface area contributed by atoms with E-state index in [1.807, 2.05) is 0 Å². The van der Waals surface area contributed by atoms with Gasteiger partial charge in [0, 0.05) is 12.6 Å². The number of ether oxygens (including phenoxy) is 1. The van der Waals surface area contributed by atoms with E-state index in [2.05, 4.69) is 28.7 Å². The molecule has 1 aliphatic heterocycles. The van der Waals surface area contributed by atoms with Crippen LogP contribution in [0, 0.1) is 11.8 Å². The van der Waals surface area contributed by atoms with E-state index in [1.165, 1.54) is 6.33 Å². The first-order chi connectivity index (χ1) is 12.1. The number of nitrogens with zero attached hydrogens (tertiary/aromatic N) is 3. The molecule has 0 radical (unpaired) electrons. The first kappa shape index (κ1) is 17.6. The fourth-order valence-electron chi connectivity index (χ4n) is 2.93. The minimum Gasteiger partial charge on any atom is -0.394 e. The van der Waals surface area contributed by atoms with Gasteiger partial charge in [-0.1, -0.05) is 25.2 Å². The van der Waals surface area contributed by atoms with Crippen molar-refractivity contribution in [2.24, 2.45) is 0 Å². The lowest BCUT2D eigenvalue weighted by molar-refractivity contribution is -0.0508. The smallest absolute Gasteiger partial charge is 0.164 e. The number of hydrogen-bond donors (Lipinski definition) is 4. The van der Waals surface area contributed by atoms with E-state index >= 15 is 0 Å². The van der Waals surface area contributed by atoms with Gasteiger partial charge < -0.3 is 30.4 Å². The Kier molecular flexibility index (Phi) is 5.20. The fraction of sp³-hybridized carbons (Fsp3) is 0.529. The number of aromatic nitrogens is 3. The molecule has 0 unspecified atom stereocenters. The van der Waals surface area contributed by atoms with Crippen molar-refractivity contribution in [2.45, 2.75) is 50.7 Å². The summed E-state index contributed by atoms with van der Waals surface area (Å²) in [6.07, 6.45) is 1.70. The third-order valence-electron chi connectivity index (χ3n) is 4.31. The molecule has 1 aliphatic rings. The van der Waals surface area contributed by atoms with Gasteiger partial charge >= 0.3 is 0 Å². The number of anilines is 1. The van der Waals surface area contributed by atoms with Crippen molar-refractivity contribution in [3.63, 3.8) is 0 Å². The molecule has 4 atom stereocenters. The molecule has 3 heterocycles. The normalized spacial score (nSPS) is 25.9. The highest BCUT2D eigenvalue weighted by Crippen LogP contribution is 2.34. The number of aliphatic hydroxyl groups is 3. The van der Waals surface area contributed by atoms with Gasteiger partial charge in [-0.15, -0.1) is 0 Å². The van der Waals surface area contributed by atoms with Gasteiger partial charge in [-0.05, 0) is 6.42 Å². The lowest BCUT2D eigenvalue weighted by Gasteiger charge is -2.17. The molecule has 0 bridgehead atoms. The molecule has 0 saturated carbocycles. The highest BCUT2D eigenvalue weighted by Gasteiger charge is 2.44. The van der Waals surface area contributed by atoms with Gasteiger partial charge in [-0.25, -0.2) is 9.97 Å². The Hall–Kier alpha value is -2.18. The van der Waals surface area contributed by atoms with Gasteiger partial charge in [0.25, 0.3) is 0 Å². The molecule has 0 aliphatic carbocycles. The minimum absolute atomic E-state index is 0.287. The van der Waals surface area contributed by atoms with Crippen LogP contribution in [0.25, 0.3) is 11.0 Å².